The lowest BCUT2D eigenvalue weighted by molar-refractivity contribution is 0.201. The molecule has 0 aromatic rings. The van der Waals surface area contributed by atoms with Gasteiger partial charge < -0.3 is 10.2 Å². The molecule has 1 N–H and O–H groups in total. The summed E-state index contributed by atoms with van der Waals surface area (Å²) in [5.41, 5.74) is 1.20. The second-order valence-electron chi connectivity index (χ2n) is 4.48. The van der Waals surface area contributed by atoms with Crippen LogP contribution in [0.2, 0.25) is 0 Å². The number of hydrogen-bond acceptors (Lipinski definition) is 1. The fraction of sp³-hybridized carbons (Fsp3) is 0.769. The third-order valence-corrected chi connectivity index (χ3v) is 2.61. The summed E-state index contributed by atoms with van der Waals surface area (Å²) in [7, 11) is 0. The molecule has 0 fully saturated rings. The molecule has 0 unspecified atom stereocenters. The van der Waals surface area contributed by atoms with Crippen molar-refractivity contribution in [2.75, 3.05) is 13.1 Å². The standard InChI is InChI=1S/C13H26N2O/c1-6-8-15(9-7-2)13(16)14-10-12(5)11(3)4/h10-11H,6-9H2,1-5H3,(H,14,16)/b12-10+. The van der Waals surface area contributed by atoms with E-state index < -0.39 is 0 Å². The van der Waals surface area contributed by atoms with Gasteiger partial charge in [-0.2, -0.15) is 0 Å². The molecule has 0 saturated heterocycles. The zero-order chi connectivity index (χ0) is 12.6. The molecule has 0 bridgehead atoms. The molecule has 0 saturated carbocycles. The Balaban J connectivity index is 4.24. The van der Waals surface area contributed by atoms with Gasteiger partial charge in [0.2, 0.25) is 0 Å². The van der Waals surface area contributed by atoms with Gasteiger partial charge in [-0.3, -0.25) is 0 Å². The maximum absolute atomic E-state index is 11.8. The van der Waals surface area contributed by atoms with E-state index in [2.05, 4.69) is 33.0 Å². The molecule has 16 heavy (non-hydrogen) atoms. The van der Waals surface area contributed by atoms with Crippen molar-refractivity contribution >= 4 is 6.03 Å². The number of carbonyl (C=O) groups excluding carboxylic acids is 1. The molecule has 3 nitrogen and oxygen atoms in total. The van der Waals surface area contributed by atoms with E-state index in [4.69, 9.17) is 0 Å². The van der Waals surface area contributed by atoms with Crippen LogP contribution in [0.25, 0.3) is 0 Å². The van der Waals surface area contributed by atoms with Crippen LogP contribution in [-0.2, 0) is 0 Å². The number of urea groups is 1. The number of nitrogens with one attached hydrogen (secondary N) is 1. The van der Waals surface area contributed by atoms with Crippen molar-refractivity contribution in [3.8, 4) is 0 Å². The first-order valence-corrected chi connectivity index (χ1v) is 6.25. The van der Waals surface area contributed by atoms with Crippen LogP contribution in [0.5, 0.6) is 0 Å². The number of nitrogens with zero attached hydrogens (tertiary/aromatic N) is 1. The summed E-state index contributed by atoms with van der Waals surface area (Å²) in [5, 5.41) is 2.86. The first kappa shape index (κ1) is 15.0. The van der Waals surface area contributed by atoms with Crippen molar-refractivity contribution in [3.05, 3.63) is 11.8 Å². The topological polar surface area (TPSA) is 32.3 Å². The van der Waals surface area contributed by atoms with E-state index in [1.54, 1.807) is 0 Å². The van der Waals surface area contributed by atoms with E-state index in [1.165, 1.54) is 5.57 Å². The molecule has 0 aliphatic heterocycles. The van der Waals surface area contributed by atoms with Crippen LogP contribution in [-0.4, -0.2) is 24.0 Å². The maximum Gasteiger partial charge on any atom is 0.321 e. The Bertz CT molecular complexity index is 228. The maximum atomic E-state index is 11.8. The van der Waals surface area contributed by atoms with Crippen molar-refractivity contribution in [2.24, 2.45) is 5.92 Å². The second kappa shape index (κ2) is 8.20. The molecule has 2 amide bonds. The number of carbonyl (C=O) groups is 1. The first-order chi connectivity index (χ1) is 7.52. The SMILES string of the molecule is CCCN(CCC)C(=O)N/C=C(\C)C(C)C. The van der Waals surface area contributed by atoms with Crippen molar-refractivity contribution in [1.29, 1.82) is 0 Å². The molecule has 0 atom stereocenters. The highest BCUT2D eigenvalue weighted by Gasteiger charge is 2.09. The van der Waals surface area contributed by atoms with Gasteiger partial charge in [0.1, 0.15) is 0 Å². The van der Waals surface area contributed by atoms with Gasteiger partial charge in [-0.25, -0.2) is 4.79 Å². The predicted molar refractivity (Wildman–Crippen MR) is 69.3 cm³/mol. The molecule has 94 valence electrons. The molecule has 0 aromatic carbocycles. The molecule has 0 heterocycles. The summed E-state index contributed by atoms with van der Waals surface area (Å²) in [6.07, 6.45) is 3.83. The number of rotatable bonds is 6. The Morgan fingerprint density at radius 3 is 2.12 bits per heavy atom. The Labute approximate surface area is 99.9 Å². The Morgan fingerprint density at radius 1 is 1.25 bits per heavy atom. The van der Waals surface area contributed by atoms with Crippen LogP contribution in [0.1, 0.15) is 47.5 Å². The lowest BCUT2D eigenvalue weighted by atomic mass is 10.1. The summed E-state index contributed by atoms with van der Waals surface area (Å²) in [6.45, 7) is 12.1. The van der Waals surface area contributed by atoms with Crippen molar-refractivity contribution in [2.45, 2.75) is 47.5 Å². The van der Waals surface area contributed by atoms with Crippen LogP contribution >= 0.6 is 0 Å². The first-order valence-electron chi connectivity index (χ1n) is 6.25. The number of amides is 2. The molecule has 0 rings (SSSR count). The molecule has 0 spiro atoms. The van der Waals surface area contributed by atoms with Gasteiger partial charge in [0, 0.05) is 19.3 Å². The number of hydrogen-bond donors (Lipinski definition) is 1. The lowest BCUT2D eigenvalue weighted by Gasteiger charge is -2.21. The Hall–Kier alpha value is -0.990. The largest absolute Gasteiger partial charge is 0.325 e. The minimum atomic E-state index is 0.0173. The quantitative estimate of drug-likeness (QED) is 0.740. The Kier molecular flexibility index (Phi) is 7.69. The Morgan fingerprint density at radius 2 is 1.75 bits per heavy atom. The van der Waals surface area contributed by atoms with E-state index >= 15 is 0 Å². The molecule has 0 aliphatic carbocycles. The molecular formula is C13H26N2O. The minimum absolute atomic E-state index is 0.0173. The lowest BCUT2D eigenvalue weighted by Crippen LogP contribution is -2.38. The number of allylic oxidation sites excluding steroid dienone is 1. The van der Waals surface area contributed by atoms with E-state index in [1.807, 2.05) is 18.0 Å². The molecule has 0 aliphatic rings. The summed E-state index contributed by atoms with van der Waals surface area (Å²) in [6, 6.07) is 0.0173. The third-order valence-electron chi connectivity index (χ3n) is 2.61. The predicted octanol–water partition coefficient (Wildman–Crippen LogP) is 3.38. The smallest absolute Gasteiger partial charge is 0.321 e. The molecule has 0 aromatic heterocycles. The second-order valence-corrected chi connectivity index (χ2v) is 4.48. The highest BCUT2D eigenvalue weighted by molar-refractivity contribution is 5.75. The van der Waals surface area contributed by atoms with E-state index in [0.717, 1.165) is 25.9 Å². The fourth-order valence-electron chi connectivity index (χ4n) is 1.29. The van der Waals surface area contributed by atoms with Crippen molar-refractivity contribution < 1.29 is 4.79 Å². The monoisotopic (exact) mass is 226 g/mol. The molecule has 3 heteroatoms. The van der Waals surface area contributed by atoms with Crippen LogP contribution in [0.4, 0.5) is 4.79 Å². The van der Waals surface area contributed by atoms with Gasteiger partial charge in [-0.05, 0) is 25.7 Å². The highest BCUT2D eigenvalue weighted by atomic mass is 16.2. The van der Waals surface area contributed by atoms with Crippen LogP contribution in [0.3, 0.4) is 0 Å². The van der Waals surface area contributed by atoms with Gasteiger partial charge in [-0.15, -0.1) is 0 Å². The average Bonchev–Trinajstić information content (AvgIpc) is 2.24. The van der Waals surface area contributed by atoms with Crippen LogP contribution in [0.15, 0.2) is 11.8 Å². The average molecular weight is 226 g/mol. The third kappa shape index (κ3) is 5.79. The minimum Gasteiger partial charge on any atom is -0.325 e. The van der Waals surface area contributed by atoms with E-state index in [0.29, 0.717) is 5.92 Å². The van der Waals surface area contributed by atoms with E-state index in [-0.39, 0.29) is 6.03 Å². The normalized spacial score (nSPS) is 11.8. The van der Waals surface area contributed by atoms with Gasteiger partial charge in [0.05, 0.1) is 0 Å². The van der Waals surface area contributed by atoms with E-state index in [9.17, 15) is 4.79 Å². The molecular weight excluding hydrogens is 200 g/mol. The van der Waals surface area contributed by atoms with Gasteiger partial charge in [0.25, 0.3) is 0 Å². The van der Waals surface area contributed by atoms with Gasteiger partial charge in [-0.1, -0.05) is 33.3 Å². The summed E-state index contributed by atoms with van der Waals surface area (Å²) in [4.78, 5) is 13.7. The van der Waals surface area contributed by atoms with Crippen molar-refractivity contribution in [1.82, 2.24) is 10.2 Å². The van der Waals surface area contributed by atoms with Crippen LogP contribution in [0, 0.1) is 5.92 Å². The summed E-state index contributed by atoms with van der Waals surface area (Å²) in [5.74, 6) is 0.478. The van der Waals surface area contributed by atoms with Crippen molar-refractivity contribution in [3.63, 3.8) is 0 Å². The van der Waals surface area contributed by atoms with Gasteiger partial charge in [0.15, 0.2) is 0 Å². The zero-order valence-corrected chi connectivity index (χ0v) is 11.3. The molecule has 0 radical (unpaired) electrons. The van der Waals surface area contributed by atoms with Gasteiger partial charge >= 0.3 is 6.03 Å². The zero-order valence-electron chi connectivity index (χ0n) is 11.3. The highest BCUT2D eigenvalue weighted by Crippen LogP contribution is 2.06. The summed E-state index contributed by atoms with van der Waals surface area (Å²) >= 11 is 0. The fourth-order valence-corrected chi connectivity index (χ4v) is 1.29. The summed E-state index contributed by atoms with van der Waals surface area (Å²) < 4.78 is 0. The van der Waals surface area contributed by atoms with Crippen LogP contribution < -0.4 is 5.32 Å².